The number of benzene rings is 3. The minimum Gasteiger partial charge on any atom is -0.493 e. The highest BCUT2D eigenvalue weighted by Crippen LogP contribution is 2.30. The number of carbonyl (C=O) groups is 1. The number of ether oxygens (including phenoxy) is 2. The van der Waals surface area contributed by atoms with E-state index in [1.807, 2.05) is 54.6 Å². The number of aromatic nitrogens is 1. The lowest BCUT2D eigenvalue weighted by Gasteiger charge is -2.12. The van der Waals surface area contributed by atoms with Gasteiger partial charge in [0.15, 0.2) is 11.5 Å². The number of aromatic carboxylic acids is 1. The summed E-state index contributed by atoms with van der Waals surface area (Å²) in [6, 6.07) is 21.8. The molecule has 160 valence electrons. The van der Waals surface area contributed by atoms with Gasteiger partial charge >= 0.3 is 5.97 Å². The molecule has 4 rings (SSSR count). The van der Waals surface area contributed by atoms with Gasteiger partial charge in [-0.05, 0) is 42.0 Å². The van der Waals surface area contributed by atoms with Crippen LogP contribution in [0.15, 0.2) is 72.8 Å². The Kier molecular flexibility index (Phi) is 6.38. The third-order valence-electron chi connectivity index (χ3n) is 4.94. The van der Waals surface area contributed by atoms with Crippen molar-refractivity contribution in [3.63, 3.8) is 0 Å². The van der Waals surface area contributed by atoms with Crippen molar-refractivity contribution >= 4 is 40.6 Å². The van der Waals surface area contributed by atoms with Crippen LogP contribution in [0.2, 0.25) is 5.02 Å². The number of pyridine rings is 1. The summed E-state index contributed by atoms with van der Waals surface area (Å²) in [6.07, 6.45) is 3.63. The molecule has 3 aromatic carbocycles. The van der Waals surface area contributed by atoms with E-state index in [-0.39, 0.29) is 5.56 Å². The van der Waals surface area contributed by atoms with Crippen molar-refractivity contribution in [2.75, 3.05) is 7.11 Å². The number of carboxylic acids is 1. The monoisotopic (exact) mass is 445 g/mol. The molecule has 1 aromatic heterocycles. The molecule has 5 nitrogen and oxygen atoms in total. The molecule has 0 amide bonds. The summed E-state index contributed by atoms with van der Waals surface area (Å²) >= 11 is 6.19. The van der Waals surface area contributed by atoms with Gasteiger partial charge in [0.25, 0.3) is 0 Å². The molecule has 0 bridgehead atoms. The Morgan fingerprint density at radius 2 is 1.78 bits per heavy atom. The Balaban J connectivity index is 1.57. The first-order chi connectivity index (χ1) is 15.5. The number of nitrogens with zero attached hydrogens (tertiary/aromatic N) is 1. The molecule has 6 heteroatoms. The molecule has 0 saturated heterocycles. The number of rotatable bonds is 7. The molecule has 0 fully saturated rings. The normalized spacial score (nSPS) is 11.1. The number of para-hydroxylation sites is 1. The number of hydrogen-bond acceptors (Lipinski definition) is 4. The molecule has 0 unspecified atom stereocenters. The molecule has 1 N–H and O–H groups in total. The van der Waals surface area contributed by atoms with E-state index in [2.05, 4.69) is 4.98 Å². The van der Waals surface area contributed by atoms with E-state index in [9.17, 15) is 9.90 Å². The van der Waals surface area contributed by atoms with Crippen molar-refractivity contribution in [3.05, 3.63) is 100 Å². The standard InChI is InChI=1S/C26H20ClNO4/c1-31-25-14-17(11-13-24(25)32-16-18-6-2-4-8-22(18)27)10-12-19-15-21(26(29)30)20-7-3-5-9-23(20)28-19/h2-15H,16H2,1H3,(H,29,30)/b12-10+. The van der Waals surface area contributed by atoms with Crippen LogP contribution in [-0.4, -0.2) is 23.2 Å². The molecular formula is C26H20ClNO4. The highest BCUT2D eigenvalue weighted by atomic mass is 35.5. The predicted molar refractivity (Wildman–Crippen MR) is 126 cm³/mol. The van der Waals surface area contributed by atoms with Crippen LogP contribution in [0, 0.1) is 0 Å². The smallest absolute Gasteiger partial charge is 0.336 e. The van der Waals surface area contributed by atoms with Crippen molar-refractivity contribution in [2.45, 2.75) is 6.61 Å². The second-order valence-electron chi connectivity index (χ2n) is 7.04. The molecule has 0 radical (unpaired) electrons. The Morgan fingerprint density at radius 1 is 1.00 bits per heavy atom. The maximum Gasteiger partial charge on any atom is 0.336 e. The third kappa shape index (κ3) is 4.74. The Morgan fingerprint density at radius 3 is 2.56 bits per heavy atom. The van der Waals surface area contributed by atoms with Gasteiger partial charge in [-0.3, -0.25) is 0 Å². The molecule has 0 aliphatic rings. The van der Waals surface area contributed by atoms with E-state index in [1.165, 1.54) is 0 Å². The number of carboxylic acid groups (broad SMARTS) is 1. The van der Waals surface area contributed by atoms with Crippen LogP contribution in [0.5, 0.6) is 11.5 Å². The van der Waals surface area contributed by atoms with Gasteiger partial charge in [0.05, 0.1) is 23.9 Å². The van der Waals surface area contributed by atoms with Crippen LogP contribution in [0.4, 0.5) is 0 Å². The number of hydrogen-bond donors (Lipinski definition) is 1. The quantitative estimate of drug-likeness (QED) is 0.359. The Labute approximate surface area is 190 Å². The molecule has 0 atom stereocenters. The fraction of sp³-hybridized carbons (Fsp3) is 0.0769. The van der Waals surface area contributed by atoms with Crippen molar-refractivity contribution in [1.82, 2.24) is 4.98 Å². The second-order valence-corrected chi connectivity index (χ2v) is 7.45. The maximum atomic E-state index is 11.7. The first kappa shape index (κ1) is 21.4. The van der Waals surface area contributed by atoms with Gasteiger partial charge in [0.1, 0.15) is 6.61 Å². The van der Waals surface area contributed by atoms with E-state index >= 15 is 0 Å². The summed E-state index contributed by atoms with van der Waals surface area (Å²) in [5.41, 5.74) is 3.15. The molecule has 0 aliphatic heterocycles. The summed E-state index contributed by atoms with van der Waals surface area (Å²) in [4.78, 5) is 16.2. The average Bonchev–Trinajstić information content (AvgIpc) is 2.81. The van der Waals surface area contributed by atoms with Crippen LogP contribution in [0.3, 0.4) is 0 Å². The topological polar surface area (TPSA) is 68.7 Å². The van der Waals surface area contributed by atoms with E-state index < -0.39 is 5.97 Å². The van der Waals surface area contributed by atoms with Crippen LogP contribution in [0.25, 0.3) is 23.1 Å². The van der Waals surface area contributed by atoms with Crippen molar-refractivity contribution in [2.24, 2.45) is 0 Å². The summed E-state index contributed by atoms with van der Waals surface area (Å²) in [5.74, 6) is 0.193. The zero-order chi connectivity index (χ0) is 22.5. The summed E-state index contributed by atoms with van der Waals surface area (Å²) in [5, 5.41) is 10.8. The number of fused-ring (bicyclic) bond motifs is 1. The van der Waals surface area contributed by atoms with Gasteiger partial charge < -0.3 is 14.6 Å². The fourth-order valence-electron chi connectivity index (χ4n) is 3.32. The minimum atomic E-state index is -0.986. The fourth-order valence-corrected chi connectivity index (χ4v) is 3.51. The van der Waals surface area contributed by atoms with Gasteiger partial charge in [-0.2, -0.15) is 0 Å². The van der Waals surface area contributed by atoms with Crippen molar-refractivity contribution in [1.29, 1.82) is 0 Å². The lowest BCUT2D eigenvalue weighted by molar-refractivity contribution is 0.0699. The average molecular weight is 446 g/mol. The van der Waals surface area contributed by atoms with Crippen LogP contribution in [-0.2, 0) is 6.61 Å². The molecular weight excluding hydrogens is 426 g/mol. The number of methoxy groups -OCH3 is 1. The van der Waals surface area contributed by atoms with Gasteiger partial charge in [-0.15, -0.1) is 0 Å². The first-order valence-corrected chi connectivity index (χ1v) is 10.3. The molecule has 0 spiro atoms. The Bertz CT molecular complexity index is 1320. The Hall–Kier alpha value is -3.83. The van der Waals surface area contributed by atoms with E-state index in [0.717, 1.165) is 11.1 Å². The van der Waals surface area contributed by atoms with E-state index in [1.54, 1.807) is 37.5 Å². The van der Waals surface area contributed by atoms with Gasteiger partial charge in [-0.1, -0.05) is 60.1 Å². The second kappa shape index (κ2) is 9.54. The molecule has 0 aliphatic carbocycles. The number of halogens is 1. The van der Waals surface area contributed by atoms with Crippen molar-refractivity contribution in [3.8, 4) is 11.5 Å². The highest BCUT2D eigenvalue weighted by Gasteiger charge is 2.11. The maximum absolute atomic E-state index is 11.7. The molecule has 4 aromatic rings. The molecule has 0 saturated carbocycles. The van der Waals surface area contributed by atoms with Crippen LogP contribution >= 0.6 is 11.6 Å². The minimum absolute atomic E-state index is 0.219. The zero-order valence-electron chi connectivity index (χ0n) is 17.3. The molecule has 1 heterocycles. The van der Waals surface area contributed by atoms with Gasteiger partial charge in [-0.25, -0.2) is 9.78 Å². The van der Waals surface area contributed by atoms with Crippen molar-refractivity contribution < 1.29 is 19.4 Å². The first-order valence-electron chi connectivity index (χ1n) is 9.90. The zero-order valence-corrected chi connectivity index (χ0v) is 18.0. The van der Waals surface area contributed by atoms with Gasteiger partial charge in [0, 0.05) is 16.0 Å². The predicted octanol–water partition coefficient (Wildman–Crippen LogP) is 6.34. The summed E-state index contributed by atoms with van der Waals surface area (Å²) in [7, 11) is 1.58. The summed E-state index contributed by atoms with van der Waals surface area (Å²) in [6.45, 7) is 0.324. The SMILES string of the molecule is COc1cc(/C=C/c2cc(C(=O)O)c3ccccc3n2)ccc1OCc1ccccc1Cl. The largest absolute Gasteiger partial charge is 0.493 e. The lowest BCUT2D eigenvalue weighted by atomic mass is 10.1. The third-order valence-corrected chi connectivity index (χ3v) is 5.31. The van der Waals surface area contributed by atoms with Crippen LogP contribution in [0.1, 0.15) is 27.2 Å². The lowest BCUT2D eigenvalue weighted by Crippen LogP contribution is -2.00. The summed E-state index contributed by atoms with van der Waals surface area (Å²) < 4.78 is 11.4. The van der Waals surface area contributed by atoms with Crippen LogP contribution < -0.4 is 9.47 Å². The highest BCUT2D eigenvalue weighted by molar-refractivity contribution is 6.31. The van der Waals surface area contributed by atoms with E-state index in [0.29, 0.717) is 39.7 Å². The van der Waals surface area contributed by atoms with Gasteiger partial charge in [0.2, 0.25) is 0 Å². The van der Waals surface area contributed by atoms with E-state index in [4.69, 9.17) is 21.1 Å². The molecule has 32 heavy (non-hydrogen) atoms.